The smallest absolute Gasteiger partial charge is 0.264 e. The monoisotopic (exact) mass is 598 g/mol. The Morgan fingerprint density at radius 1 is 0.953 bits per heavy atom. The number of piperazine rings is 1. The number of carbonyl (C=O) groups excluding carboxylic acids is 2. The summed E-state index contributed by atoms with van der Waals surface area (Å²) in [5.41, 5.74) is 4.16. The third kappa shape index (κ3) is 5.78. The van der Waals surface area contributed by atoms with Crippen molar-refractivity contribution in [2.75, 3.05) is 51.3 Å². The van der Waals surface area contributed by atoms with Crippen LogP contribution in [0.3, 0.4) is 0 Å². The van der Waals surface area contributed by atoms with Gasteiger partial charge in [-0.15, -0.1) is 11.3 Å². The number of rotatable bonds is 8. The number of benzene rings is 1. The van der Waals surface area contributed by atoms with E-state index in [1.807, 2.05) is 53.4 Å². The van der Waals surface area contributed by atoms with Gasteiger partial charge in [-0.05, 0) is 116 Å². The zero-order valence-corrected chi connectivity index (χ0v) is 26.2. The molecule has 1 saturated heterocycles. The summed E-state index contributed by atoms with van der Waals surface area (Å²) in [6.45, 7) is 6.31. The van der Waals surface area contributed by atoms with Gasteiger partial charge in [0, 0.05) is 62.8 Å². The maximum atomic E-state index is 13.4. The third-order valence-corrected chi connectivity index (χ3v) is 11.2. The molecule has 5 aliphatic rings. The van der Waals surface area contributed by atoms with Gasteiger partial charge in [-0.25, -0.2) is 0 Å². The summed E-state index contributed by atoms with van der Waals surface area (Å²) in [5, 5.41) is 2.01. The Bertz CT molecular complexity index is 1440. The lowest BCUT2D eigenvalue weighted by Gasteiger charge is -2.57. The normalized spacial score (nSPS) is 26.0. The highest BCUT2D eigenvalue weighted by Gasteiger charge is 2.51. The van der Waals surface area contributed by atoms with Crippen molar-refractivity contribution in [3.05, 3.63) is 64.6 Å². The molecule has 0 N–H and O–H groups in total. The van der Waals surface area contributed by atoms with E-state index in [-0.39, 0.29) is 11.8 Å². The molecule has 1 aliphatic heterocycles. The van der Waals surface area contributed by atoms with Crippen molar-refractivity contribution < 1.29 is 14.3 Å². The van der Waals surface area contributed by atoms with Crippen LogP contribution >= 0.6 is 11.3 Å². The number of anilines is 1. The van der Waals surface area contributed by atoms with Crippen LogP contribution in [0, 0.1) is 23.2 Å². The summed E-state index contributed by atoms with van der Waals surface area (Å²) in [6.07, 6.45) is 11.7. The summed E-state index contributed by atoms with van der Waals surface area (Å²) in [4.78, 5) is 38.0. The van der Waals surface area contributed by atoms with Gasteiger partial charge in [0.15, 0.2) is 0 Å². The molecule has 2 aromatic heterocycles. The molecule has 7 nitrogen and oxygen atoms in total. The van der Waals surface area contributed by atoms with Crippen LogP contribution in [0.1, 0.15) is 65.5 Å². The zero-order valence-electron chi connectivity index (χ0n) is 25.3. The largest absolute Gasteiger partial charge is 0.492 e. The van der Waals surface area contributed by atoms with Gasteiger partial charge < -0.3 is 19.4 Å². The minimum absolute atomic E-state index is 0.0767. The number of ether oxygens (including phenoxy) is 1. The van der Waals surface area contributed by atoms with Gasteiger partial charge >= 0.3 is 0 Å². The number of hydrogen-bond donors (Lipinski definition) is 0. The Balaban J connectivity index is 0.930. The van der Waals surface area contributed by atoms with Crippen LogP contribution in [0.4, 0.5) is 5.69 Å². The molecule has 8 heteroatoms. The van der Waals surface area contributed by atoms with Crippen molar-refractivity contribution in [2.24, 2.45) is 23.2 Å². The molecule has 226 valence electrons. The van der Waals surface area contributed by atoms with Crippen molar-refractivity contribution in [3.63, 3.8) is 0 Å². The predicted molar refractivity (Wildman–Crippen MR) is 171 cm³/mol. The Hall–Kier alpha value is -3.39. The van der Waals surface area contributed by atoms with Crippen LogP contribution < -0.4 is 9.64 Å². The minimum atomic E-state index is 0.0767. The average molecular weight is 599 g/mol. The van der Waals surface area contributed by atoms with E-state index in [2.05, 4.69) is 22.0 Å². The molecule has 4 saturated carbocycles. The molecule has 2 amide bonds. The van der Waals surface area contributed by atoms with Gasteiger partial charge in [0.2, 0.25) is 0 Å². The molecular weight excluding hydrogens is 556 g/mol. The highest BCUT2D eigenvalue weighted by atomic mass is 32.1. The second-order valence-electron chi connectivity index (χ2n) is 13.4. The van der Waals surface area contributed by atoms with Crippen molar-refractivity contribution in [3.8, 4) is 16.9 Å². The lowest BCUT2D eigenvalue weighted by Crippen LogP contribution is -2.51. The maximum absolute atomic E-state index is 13.4. The van der Waals surface area contributed by atoms with E-state index >= 15 is 0 Å². The standard InChI is InChI=1S/C35H42N4O3S/c1-3-42-31-15-28(20-36-21-31)29-16-32(43-22-29)34(41)39-10-8-38(9-11-39)30-6-4-27(5-7-30)33(40)37(2)23-35-17-24-12-25(18-35)14-26(13-24)19-35/h4-7,15-16,20-22,24-26H,3,8-14,17-19,23H2,1-2H3. The third-order valence-electron chi connectivity index (χ3n) is 10.3. The second kappa shape index (κ2) is 11.6. The van der Waals surface area contributed by atoms with Gasteiger partial charge in [0.1, 0.15) is 5.75 Å². The number of amides is 2. The summed E-state index contributed by atoms with van der Waals surface area (Å²) in [7, 11) is 2.00. The zero-order chi connectivity index (χ0) is 29.6. The highest BCUT2D eigenvalue weighted by Crippen LogP contribution is 2.60. The summed E-state index contributed by atoms with van der Waals surface area (Å²) < 4.78 is 5.58. The number of pyridine rings is 1. The van der Waals surface area contributed by atoms with Gasteiger partial charge in [-0.1, -0.05) is 0 Å². The topological polar surface area (TPSA) is 66.0 Å². The maximum Gasteiger partial charge on any atom is 0.264 e. The van der Waals surface area contributed by atoms with Crippen molar-refractivity contribution in [1.82, 2.24) is 14.8 Å². The Labute approximate surface area is 258 Å². The second-order valence-corrected chi connectivity index (χ2v) is 14.4. The number of nitrogens with zero attached hydrogens (tertiary/aromatic N) is 4. The molecule has 1 aromatic carbocycles. The fourth-order valence-corrected chi connectivity index (χ4v) is 9.72. The Morgan fingerprint density at radius 2 is 1.63 bits per heavy atom. The van der Waals surface area contributed by atoms with Gasteiger partial charge in [-0.2, -0.15) is 0 Å². The van der Waals surface area contributed by atoms with Gasteiger partial charge in [-0.3, -0.25) is 14.6 Å². The number of aromatic nitrogens is 1. The van der Waals surface area contributed by atoms with E-state index in [1.54, 1.807) is 12.4 Å². The van der Waals surface area contributed by atoms with Crippen LogP contribution in [-0.2, 0) is 0 Å². The molecule has 8 rings (SSSR count). The van der Waals surface area contributed by atoms with Crippen LogP contribution in [0.2, 0.25) is 0 Å². The van der Waals surface area contributed by atoms with E-state index in [4.69, 9.17) is 4.74 Å². The van der Waals surface area contributed by atoms with E-state index < -0.39 is 0 Å². The van der Waals surface area contributed by atoms with Crippen molar-refractivity contribution in [1.29, 1.82) is 0 Å². The van der Waals surface area contributed by atoms with Crippen LogP contribution in [0.25, 0.3) is 11.1 Å². The molecule has 0 unspecified atom stereocenters. The molecule has 0 radical (unpaired) electrons. The SMILES string of the molecule is CCOc1cncc(-c2csc(C(=O)N3CCN(c4ccc(C(=O)N(C)CC56CC7CC(CC(C7)C5)C6)cc4)CC3)c2)c1. The number of hydrogen-bond acceptors (Lipinski definition) is 6. The molecule has 0 atom stereocenters. The van der Waals surface area contributed by atoms with Gasteiger partial charge in [0.25, 0.3) is 11.8 Å². The van der Waals surface area contributed by atoms with E-state index in [0.29, 0.717) is 25.1 Å². The predicted octanol–water partition coefficient (Wildman–Crippen LogP) is 6.46. The Kier molecular flexibility index (Phi) is 7.66. The minimum Gasteiger partial charge on any atom is -0.492 e. The van der Waals surface area contributed by atoms with Gasteiger partial charge in [0.05, 0.1) is 17.7 Å². The van der Waals surface area contributed by atoms with Crippen molar-refractivity contribution in [2.45, 2.75) is 45.4 Å². The molecule has 3 heterocycles. The highest BCUT2D eigenvalue weighted by molar-refractivity contribution is 7.12. The molecule has 4 bridgehead atoms. The van der Waals surface area contributed by atoms with Crippen LogP contribution in [0.15, 0.2) is 54.2 Å². The van der Waals surface area contributed by atoms with E-state index in [1.165, 1.54) is 49.9 Å². The van der Waals surface area contributed by atoms with Crippen LogP contribution in [0.5, 0.6) is 5.75 Å². The first-order valence-corrected chi connectivity index (χ1v) is 16.8. The summed E-state index contributed by atoms with van der Waals surface area (Å²) >= 11 is 1.48. The first-order chi connectivity index (χ1) is 20.9. The number of carbonyl (C=O) groups is 2. The number of thiophene rings is 1. The molecular formula is C35H42N4O3S. The molecule has 0 spiro atoms. The van der Waals surface area contributed by atoms with Crippen molar-refractivity contribution >= 4 is 28.8 Å². The molecule has 3 aromatic rings. The fraction of sp³-hybridized carbons (Fsp3) is 0.514. The summed E-state index contributed by atoms with van der Waals surface area (Å²) in [5.74, 6) is 3.63. The average Bonchev–Trinajstić information content (AvgIpc) is 3.51. The summed E-state index contributed by atoms with van der Waals surface area (Å²) in [6, 6.07) is 12.0. The first-order valence-electron chi connectivity index (χ1n) is 15.9. The molecule has 5 fully saturated rings. The quantitative estimate of drug-likeness (QED) is 0.298. The van der Waals surface area contributed by atoms with E-state index in [9.17, 15) is 9.59 Å². The fourth-order valence-electron chi connectivity index (χ4n) is 8.84. The molecule has 43 heavy (non-hydrogen) atoms. The van der Waals surface area contributed by atoms with E-state index in [0.717, 1.165) is 70.4 Å². The first kappa shape index (κ1) is 28.4. The lowest BCUT2D eigenvalue weighted by molar-refractivity contribution is -0.0629. The molecule has 4 aliphatic carbocycles. The Morgan fingerprint density at radius 3 is 2.28 bits per heavy atom. The van der Waals surface area contributed by atoms with Crippen LogP contribution in [-0.4, -0.2) is 73.0 Å². The lowest BCUT2D eigenvalue weighted by atomic mass is 9.49.